The van der Waals surface area contributed by atoms with E-state index in [9.17, 15) is 14.9 Å². The first-order valence-corrected chi connectivity index (χ1v) is 8.03. The summed E-state index contributed by atoms with van der Waals surface area (Å²) in [6, 6.07) is 11.3. The second-order valence-electron chi connectivity index (χ2n) is 5.05. The third-order valence-electron chi connectivity index (χ3n) is 3.29. The van der Waals surface area contributed by atoms with Gasteiger partial charge in [-0.25, -0.2) is 5.43 Å². The van der Waals surface area contributed by atoms with E-state index in [4.69, 9.17) is 9.47 Å². The molecule has 8 nitrogen and oxygen atoms in total. The van der Waals surface area contributed by atoms with Crippen molar-refractivity contribution in [3.8, 4) is 11.5 Å². The van der Waals surface area contributed by atoms with Crippen LogP contribution in [0.15, 0.2) is 47.6 Å². The maximum absolute atomic E-state index is 12.0. The van der Waals surface area contributed by atoms with Crippen LogP contribution in [0.25, 0.3) is 0 Å². The first-order chi connectivity index (χ1) is 12.6. The number of rotatable bonds is 8. The van der Waals surface area contributed by atoms with Crippen molar-refractivity contribution >= 4 is 17.8 Å². The van der Waals surface area contributed by atoms with E-state index < -0.39 is 4.92 Å². The molecule has 0 bridgehead atoms. The number of benzene rings is 2. The molecule has 0 saturated carbocycles. The second kappa shape index (κ2) is 9.16. The van der Waals surface area contributed by atoms with Crippen molar-refractivity contribution in [2.24, 2.45) is 5.10 Å². The van der Waals surface area contributed by atoms with Crippen molar-refractivity contribution in [2.75, 3.05) is 13.2 Å². The lowest BCUT2D eigenvalue weighted by Gasteiger charge is -2.10. The minimum atomic E-state index is -0.541. The summed E-state index contributed by atoms with van der Waals surface area (Å²) in [5.74, 6) is 0.103. The topological polar surface area (TPSA) is 103 Å². The van der Waals surface area contributed by atoms with Gasteiger partial charge in [0, 0.05) is 23.3 Å². The predicted octanol–water partition coefficient (Wildman–Crippen LogP) is 3.16. The fraction of sp³-hybridized carbons (Fsp3) is 0.222. The van der Waals surface area contributed by atoms with Crippen molar-refractivity contribution in [3.05, 3.63) is 63.7 Å². The van der Waals surface area contributed by atoms with Gasteiger partial charge in [0.1, 0.15) is 5.75 Å². The molecule has 0 radical (unpaired) electrons. The molecule has 0 spiro atoms. The van der Waals surface area contributed by atoms with Crippen molar-refractivity contribution in [1.29, 1.82) is 0 Å². The highest BCUT2D eigenvalue weighted by atomic mass is 16.6. The van der Waals surface area contributed by atoms with E-state index in [-0.39, 0.29) is 24.0 Å². The Morgan fingerprint density at radius 1 is 1.15 bits per heavy atom. The average Bonchev–Trinajstić information content (AvgIpc) is 2.64. The van der Waals surface area contributed by atoms with Crippen LogP contribution in [-0.2, 0) is 0 Å². The van der Waals surface area contributed by atoms with Crippen LogP contribution in [0.2, 0.25) is 0 Å². The molecule has 1 N–H and O–H groups in total. The average molecular weight is 357 g/mol. The minimum absolute atomic E-state index is 0.117. The van der Waals surface area contributed by atoms with Gasteiger partial charge in [0.2, 0.25) is 5.75 Å². The van der Waals surface area contributed by atoms with Crippen LogP contribution in [0.5, 0.6) is 11.5 Å². The van der Waals surface area contributed by atoms with Crippen LogP contribution in [0, 0.1) is 10.1 Å². The molecule has 2 rings (SSSR count). The lowest BCUT2D eigenvalue weighted by molar-refractivity contribution is -0.385. The monoisotopic (exact) mass is 357 g/mol. The summed E-state index contributed by atoms with van der Waals surface area (Å²) in [5.41, 5.74) is 2.98. The highest BCUT2D eigenvalue weighted by Gasteiger charge is 2.19. The van der Waals surface area contributed by atoms with E-state index >= 15 is 0 Å². The highest BCUT2D eigenvalue weighted by molar-refractivity contribution is 5.95. The normalized spacial score (nSPS) is 10.5. The summed E-state index contributed by atoms with van der Waals surface area (Å²) < 4.78 is 10.8. The van der Waals surface area contributed by atoms with Gasteiger partial charge in [0.05, 0.1) is 24.4 Å². The summed E-state index contributed by atoms with van der Waals surface area (Å²) >= 11 is 0. The molecular formula is C18H19N3O5. The third-order valence-corrected chi connectivity index (χ3v) is 3.29. The number of hydrazone groups is 1. The van der Waals surface area contributed by atoms with Crippen LogP contribution >= 0.6 is 0 Å². The van der Waals surface area contributed by atoms with E-state index in [1.54, 1.807) is 44.2 Å². The quantitative estimate of drug-likeness (QED) is 0.444. The summed E-state index contributed by atoms with van der Waals surface area (Å²) in [4.78, 5) is 22.7. The molecular weight excluding hydrogens is 338 g/mol. The fourth-order valence-corrected chi connectivity index (χ4v) is 2.18. The maximum Gasteiger partial charge on any atom is 0.311 e. The minimum Gasteiger partial charge on any atom is -0.493 e. The molecule has 0 aromatic heterocycles. The SMILES string of the molecule is CCOc1cc(OCC)c([N+](=O)[O-])cc1/C=N/NC(=O)c1ccccc1. The Morgan fingerprint density at radius 2 is 1.81 bits per heavy atom. The molecule has 0 heterocycles. The van der Waals surface area contributed by atoms with Gasteiger partial charge in [0.25, 0.3) is 5.91 Å². The van der Waals surface area contributed by atoms with Gasteiger partial charge in [-0.3, -0.25) is 14.9 Å². The van der Waals surface area contributed by atoms with Gasteiger partial charge in [0.15, 0.2) is 0 Å². The first-order valence-electron chi connectivity index (χ1n) is 8.03. The number of nitro groups is 1. The third kappa shape index (κ3) is 4.79. The zero-order valence-electron chi connectivity index (χ0n) is 14.5. The molecule has 2 aromatic carbocycles. The van der Waals surface area contributed by atoms with Gasteiger partial charge < -0.3 is 9.47 Å². The highest BCUT2D eigenvalue weighted by Crippen LogP contribution is 2.34. The van der Waals surface area contributed by atoms with Crippen LogP contribution in [0.4, 0.5) is 5.69 Å². The van der Waals surface area contributed by atoms with Crippen molar-refractivity contribution in [2.45, 2.75) is 13.8 Å². The van der Waals surface area contributed by atoms with Gasteiger partial charge in [-0.15, -0.1) is 0 Å². The van der Waals surface area contributed by atoms with Crippen LogP contribution in [0.1, 0.15) is 29.8 Å². The summed E-state index contributed by atoms with van der Waals surface area (Å²) in [6.45, 7) is 4.17. The van der Waals surface area contributed by atoms with Gasteiger partial charge in [-0.05, 0) is 26.0 Å². The largest absolute Gasteiger partial charge is 0.493 e. The van der Waals surface area contributed by atoms with E-state index in [0.717, 1.165) is 0 Å². The zero-order chi connectivity index (χ0) is 18.9. The van der Waals surface area contributed by atoms with Gasteiger partial charge >= 0.3 is 5.69 Å². The summed E-state index contributed by atoms with van der Waals surface area (Å²) in [6.07, 6.45) is 1.30. The number of carbonyl (C=O) groups is 1. The number of nitrogens with one attached hydrogen (secondary N) is 1. The van der Waals surface area contributed by atoms with Crippen molar-refractivity contribution in [1.82, 2.24) is 5.43 Å². The van der Waals surface area contributed by atoms with E-state index in [1.165, 1.54) is 18.3 Å². The van der Waals surface area contributed by atoms with Crippen molar-refractivity contribution in [3.63, 3.8) is 0 Å². The van der Waals surface area contributed by atoms with Gasteiger partial charge in [-0.1, -0.05) is 18.2 Å². The second-order valence-corrected chi connectivity index (χ2v) is 5.05. The molecule has 0 atom stereocenters. The maximum atomic E-state index is 12.0. The Morgan fingerprint density at radius 3 is 2.42 bits per heavy atom. The number of ether oxygens (including phenoxy) is 2. The standard InChI is InChI=1S/C18H19N3O5/c1-3-25-16-11-17(26-4-2)15(21(23)24)10-14(16)12-19-20-18(22)13-8-6-5-7-9-13/h5-12H,3-4H2,1-2H3,(H,20,22)/b19-12+. The predicted molar refractivity (Wildman–Crippen MR) is 96.9 cm³/mol. The zero-order valence-corrected chi connectivity index (χ0v) is 14.5. The lowest BCUT2D eigenvalue weighted by atomic mass is 10.1. The molecule has 0 aliphatic rings. The Bertz CT molecular complexity index is 806. The molecule has 2 aromatic rings. The van der Waals surface area contributed by atoms with Crippen molar-refractivity contribution < 1.29 is 19.2 Å². The lowest BCUT2D eigenvalue weighted by Crippen LogP contribution is -2.17. The summed E-state index contributed by atoms with van der Waals surface area (Å²) in [7, 11) is 0. The molecule has 1 amide bonds. The van der Waals surface area contributed by atoms with E-state index in [1.807, 2.05) is 0 Å². The number of hydrogen-bond acceptors (Lipinski definition) is 6. The molecule has 0 unspecified atom stereocenters. The molecule has 0 aliphatic carbocycles. The van der Waals surface area contributed by atoms with Crippen LogP contribution < -0.4 is 14.9 Å². The number of hydrogen-bond donors (Lipinski definition) is 1. The summed E-state index contributed by atoms with van der Waals surface area (Å²) in [5, 5.41) is 15.1. The van der Waals surface area contributed by atoms with Gasteiger partial charge in [-0.2, -0.15) is 5.10 Å². The Labute approximate surface area is 150 Å². The fourth-order valence-electron chi connectivity index (χ4n) is 2.18. The number of carbonyl (C=O) groups excluding carboxylic acids is 1. The first kappa shape index (κ1) is 18.9. The number of nitro benzene ring substituents is 1. The molecule has 0 aliphatic heterocycles. The van der Waals surface area contributed by atoms with Crippen LogP contribution in [0.3, 0.4) is 0 Å². The van der Waals surface area contributed by atoms with E-state index in [2.05, 4.69) is 10.5 Å². The van der Waals surface area contributed by atoms with E-state index in [0.29, 0.717) is 23.5 Å². The molecule has 8 heteroatoms. The molecule has 26 heavy (non-hydrogen) atoms. The number of amides is 1. The molecule has 0 saturated heterocycles. The smallest absolute Gasteiger partial charge is 0.311 e. The Balaban J connectivity index is 2.27. The Kier molecular flexibility index (Phi) is 6.67. The molecule has 136 valence electrons. The van der Waals surface area contributed by atoms with Crippen LogP contribution in [-0.4, -0.2) is 30.3 Å². The number of nitrogens with zero attached hydrogens (tertiary/aromatic N) is 2. The Hall–Kier alpha value is -3.42. The molecule has 0 fully saturated rings.